The lowest BCUT2D eigenvalue weighted by molar-refractivity contribution is -0.120. The molecule has 0 aliphatic carbocycles. The number of amides is 1. The number of aromatic nitrogens is 2. The van der Waals surface area contributed by atoms with E-state index in [2.05, 4.69) is 20.3 Å². The first-order valence-electron chi connectivity index (χ1n) is 4.84. The summed E-state index contributed by atoms with van der Waals surface area (Å²) in [6.45, 7) is 1.29. The van der Waals surface area contributed by atoms with Crippen LogP contribution in [0.15, 0.2) is 0 Å². The highest BCUT2D eigenvalue weighted by molar-refractivity contribution is 7.10. The van der Waals surface area contributed by atoms with E-state index >= 15 is 0 Å². The SMILES string of the molecule is CNC(=O)CCN(C)Cc1nnsc1NN. The monoisotopic (exact) mass is 244 g/mol. The lowest BCUT2D eigenvalue weighted by Gasteiger charge is -2.14. The summed E-state index contributed by atoms with van der Waals surface area (Å²) in [6, 6.07) is 0. The molecule has 90 valence electrons. The molecule has 1 amide bonds. The molecule has 8 heteroatoms. The molecule has 0 bridgehead atoms. The summed E-state index contributed by atoms with van der Waals surface area (Å²) in [4.78, 5) is 13.0. The Balaban J connectivity index is 2.39. The summed E-state index contributed by atoms with van der Waals surface area (Å²) in [5.41, 5.74) is 3.34. The van der Waals surface area contributed by atoms with Gasteiger partial charge >= 0.3 is 0 Å². The first-order chi connectivity index (χ1) is 7.67. The highest BCUT2D eigenvalue weighted by Gasteiger charge is 2.10. The molecular weight excluding hydrogens is 228 g/mol. The van der Waals surface area contributed by atoms with Crippen LogP contribution in [0.5, 0.6) is 0 Å². The zero-order chi connectivity index (χ0) is 12.0. The molecule has 0 unspecified atom stereocenters. The standard InChI is InChI=1S/C8H16N6OS/c1-10-7(15)3-4-14(2)5-6-8(11-9)16-13-12-6/h11H,3-5,9H2,1-2H3,(H,10,15). The van der Waals surface area contributed by atoms with Crippen molar-refractivity contribution in [2.24, 2.45) is 5.84 Å². The predicted octanol–water partition coefficient (Wildman–Crippen LogP) is -0.608. The molecule has 0 spiro atoms. The van der Waals surface area contributed by atoms with Crippen molar-refractivity contribution in [3.05, 3.63) is 5.69 Å². The third kappa shape index (κ3) is 3.72. The fourth-order valence-corrected chi connectivity index (χ4v) is 1.66. The molecule has 0 aromatic carbocycles. The van der Waals surface area contributed by atoms with Gasteiger partial charge in [0.1, 0.15) is 10.7 Å². The van der Waals surface area contributed by atoms with E-state index < -0.39 is 0 Å². The van der Waals surface area contributed by atoms with Gasteiger partial charge in [-0.05, 0) is 7.05 Å². The molecule has 0 saturated heterocycles. The Labute approximate surface area is 98.1 Å². The lowest BCUT2D eigenvalue weighted by Crippen LogP contribution is -2.26. The van der Waals surface area contributed by atoms with Gasteiger partial charge in [-0.25, -0.2) is 5.84 Å². The molecule has 4 N–H and O–H groups in total. The van der Waals surface area contributed by atoms with Crippen LogP contribution in [0.3, 0.4) is 0 Å². The van der Waals surface area contributed by atoms with Crippen LogP contribution >= 0.6 is 11.5 Å². The number of nitrogens with two attached hydrogens (primary N) is 1. The number of hydrogen-bond donors (Lipinski definition) is 3. The number of rotatable bonds is 6. The smallest absolute Gasteiger partial charge is 0.221 e. The number of carbonyl (C=O) groups is 1. The molecule has 16 heavy (non-hydrogen) atoms. The minimum absolute atomic E-state index is 0.0282. The Morgan fingerprint density at radius 1 is 1.62 bits per heavy atom. The molecule has 0 aliphatic rings. The van der Waals surface area contributed by atoms with E-state index in [1.54, 1.807) is 7.05 Å². The van der Waals surface area contributed by atoms with Crippen LogP contribution in [0.1, 0.15) is 12.1 Å². The van der Waals surface area contributed by atoms with Gasteiger partial charge in [0.05, 0.1) is 0 Å². The fraction of sp³-hybridized carbons (Fsp3) is 0.625. The molecular formula is C8H16N6OS. The van der Waals surface area contributed by atoms with Gasteiger partial charge in [0.2, 0.25) is 5.91 Å². The molecule has 0 fully saturated rings. The summed E-state index contributed by atoms with van der Waals surface area (Å²) < 4.78 is 3.80. The van der Waals surface area contributed by atoms with Crippen molar-refractivity contribution >= 4 is 22.4 Å². The van der Waals surface area contributed by atoms with Crippen LogP contribution < -0.4 is 16.6 Å². The van der Waals surface area contributed by atoms with Gasteiger partial charge in [0.25, 0.3) is 0 Å². The van der Waals surface area contributed by atoms with Gasteiger partial charge in [-0.2, -0.15) is 0 Å². The highest BCUT2D eigenvalue weighted by Crippen LogP contribution is 2.17. The Morgan fingerprint density at radius 3 is 3.00 bits per heavy atom. The van der Waals surface area contributed by atoms with E-state index in [1.165, 1.54) is 11.5 Å². The zero-order valence-corrected chi connectivity index (χ0v) is 10.2. The van der Waals surface area contributed by atoms with Crippen LogP contribution in [0.25, 0.3) is 0 Å². The third-order valence-corrected chi connectivity index (χ3v) is 2.81. The molecule has 0 atom stereocenters. The molecule has 7 nitrogen and oxygen atoms in total. The quantitative estimate of drug-likeness (QED) is 0.456. The number of hydrogen-bond acceptors (Lipinski definition) is 7. The lowest BCUT2D eigenvalue weighted by atomic mass is 10.3. The summed E-state index contributed by atoms with van der Waals surface area (Å²) in [7, 11) is 3.55. The van der Waals surface area contributed by atoms with Crippen LogP contribution in [-0.2, 0) is 11.3 Å². The Kier molecular flexibility index (Phi) is 5.09. The van der Waals surface area contributed by atoms with Gasteiger partial charge in [0, 0.05) is 38.1 Å². The Bertz CT molecular complexity index is 341. The number of hydrazine groups is 1. The largest absolute Gasteiger partial charge is 0.359 e. The van der Waals surface area contributed by atoms with E-state index in [0.29, 0.717) is 19.5 Å². The summed E-state index contributed by atoms with van der Waals surface area (Å²) in [6.07, 6.45) is 0.468. The van der Waals surface area contributed by atoms with Crippen molar-refractivity contribution in [2.75, 3.05) is 26.1 Å². The molecule has 1 aromatic heterocycles. The minimum Gasteiger partial charge on any atom is -0.359 e. The fourth-order valence-electron chi connectivity index (χ4n) is 1.17. The van der Waals surface area contributed by atoms with E-state index in [9.17, 15) is 4.79 Å². The van der Waals surface area contributed by atoms with E-state index in [1.807, 2.05) is 11.9 Å². The minimum atomic E-state index is 0.0282. The summed E-state index contributed by atoms with van der Waals surface area (Å²) in [5, 5.41) is 7.29. The first-order valence-corrected chi connectivity index (χ1v) is 5.61. The Hall–Kier alpha value is -1.25. The maximum absolute atomic E-state index is 11.0. The van der Waals surface area contributed by atoms with Crippen molar-refractivity contribution in [3.8, 4) is 0 Å². The van der Waals surface area contributed by atoms with Gasteiger partial charge in [0.15, 0.2) is 0 Å². The van der Waals surface area contributed by atoms with Crippen molar-refractivity contribution in [3.63, 3.8) is 0 Å². The summed E-state index contributed by atoms with van der Waals surface area (Å²) >= 11 is 1.22. The number of nitrogens with zero attached hydrogens (tertiary/aromatic N) is 3. The van der Waals surface area contributed by atoms with Crippen molar-refractivity contribution in [1.29, 1.82) is 0 Å². The maximum Gasteiger partial charge on any atom is 0.221 e. The predicted molar refractivity (Wildman–Crippen MR) is 62.7 cm³/mol. The van der Waals surface area contributed by atoms with Crippen molar-refractivity contribution < 1.29 is 4.79 Å². The molecule has 1 aromatic rings. The Morgan fingerprint density at radius 2 is 2.38 bits per heavy atom. The second-order valence-electron chi connectivity index (χ2n) is 3.35. The normalized spacial score (nSPS) is 10.5. The van der Waals surface area contributed by atoms with Gasteiger partial charge in [-0.1, -0.05) is 4.49 Å². The van der Waals surface area contributed by atoms with Crippen LogP contribution in [0.2, 0.25) is 0 Å². The van der Waals surface area contributed by atoms with Gasteiger partial charge < -0.3 is 10.7 Å². The number of anilines is 1. The molecule has 1 rings (SSSR count). The van der Waals surface area contributed by atoms with E-state index in [-0.39, 0.29) is 5.91 Å². The number of carbonyl (C=O) groups excluding carboxylic acids is 1. The van der Waals surface area contributed by atoms with Crippen molar-refractivity contribution in [2.45, 2.75) is 13.0 Å². The van der Waals surface area contributed by atoms with Gasteiger partial charge in [-0.15, -0.1) is 5.10 Å². The van der Waals surface area contributed by atoms with Crippen LogP contribution in [0, 0.1) is 0 Å². The van der Waals surface area contributed by atoms with Crippen LogP contribution in [-0.4, -0.2) is 41.0 Å². The molecule has 1 heterocycles. The molecule has 0 saturated carbocycles. The highest BCUT2D eigenvalue weighted by atomic mass is 32.1. The molecule has 0 aliphatic heterocycles. The number of nitrogens with one attached hydrogen (secondary N) is 2. The third-order valence-electron chi connectivity index (χ3n) is 2.11. The topological polar surface area (TPSA) is 96.2 Å². The average Bonchev–Trinajstić information content (AvgIpc) is 2.73. The second-order valence-corrected chi connectivity index (χ2v) is 4.11. The van der Waals surface area contributed by atoms with E-state index in [0.717, 1.165) is 10.7 Å². The van der Waals surface area contributed by atoms with E-state index in [4.69, 9.17) is 5.84 Å². The summed E-state index contributed by atoms with van der Waals surface area (Å²) in [5.74, 6) is 5.34. The maximum atomic E-state index is 11.0. The number of nitrogen functional groups attached to an aromatic ring is 1. The van der Waals surface area contributed by atoms with Crippen molar-refractivity contribution in [1.82, 2.24) is 19.8 Å². The zero-order valence-electron chi connectivity index (χ0n) is 9.36. The molecule has 0 radical (unpaired) electrons. The average molecular weight is 244 g/mol. The second kappa shape index (κ2) is 6.36. The van der Waals surface area contributed by atoms with Gasteiger partial charge in [-0.3, -0.25) is 9.69 Å². The van der Waals surface area contributed by atoms with Crippen LogP contribution in [0.4, 0.5) is 5.00 Å². The first kappa shape index (κ1) is 12.8.